The summed E-state index contributed by atoms with van der Waals surface area (Å²) in [4.78, 5) is 9.14. The smallest absolute Gasteiger partial charge is 0.286 e. The first-order valence-electron chi connectivity index (χ1n) is 10.6. The Morgan fingerprint density at radius 3 is 2.83 bits per heavy atom. The van der Waals surface area contributed by atoms with Crippen molar-refractivity contribution in [1.82, 2.24) is 15.1 Å². The van der Waals surface area contributed by atoms with Gasteiger partial charge >= 0.3 is 0 Å². The third-order valence-electron chi connectivity index (χ3n) is 5.91. The molecule has 0 amide bonds. The lowest BCUT2D eigenvalue weighted by Crippen LogP contribution is -2.44. The Morgan fingerprint density at radius 2 is 2.07 bits per heavy atom. The Hall–Kier alpha value is -2.99. The van der Waals surface area contributed by atoms with Crippen LogP contribution in [0.2, 0.25) is 0 Å². The average Bonchev–Trinajstić information content (AvgIpc) is 3.20. The summed E-state index contributed by atoms with van der Waals surface area (Å²) in [5.41, 5.74) is 4.44. The minimum atomic E-state index is 0.0699. The Kier molecular flexibility index (Phi) is 4.87. The number of aromatic amines is 1. The largest absolute Gasteiger partial charge is 0.481 e. The lowest BCUT2D eigenvalue weighted by Gasteiger charge is -2.17. The van der Waals surface area contributed by atoms with Crippen LogP contribution in [0.15, 0.2) is 42.9 Å². The number of rotatable bonds is 4. The van der Waals surface area contributed by atoms with Crippen LogP contribution in [0.25, 0.3) is 32.8 Å². The quantitative estimate of drug-likeness (QED) is 0.493. The van der Waals surface area contributed by atoms with Gasteiger partial charge in [0.05, 0.1) is 31.0 Å². The van der Waals surface area contributed by atoms with Gasteiger partial charge in [0.25, 0.3) is 6.23 Å². The summed E-state index contributed by atoms with van der Waals surface area (Å²) in [5.74, 6) is 0.903. The van der Waals surface area contributed by atoms with E-state index in [2.05, 4.69) is 46.9 Å². The Morgan fingerprint density at radius 1 is 1.17 bits per heavy atom. The lowest BCUT2D eigenvalue weighted by molar-refractivity contribution is -0.790. The highest BCUT2D eigenvalue weighted by atomic mass is 16.5. The van der Waals surface area contributed by atoms with Crippen LogP contribution < -0.4 is 9.42 Å². The van der Waals surface area contributed by atoms with Crippen LogP contribution in [0.3, 0.4) is 0 Å². The molecule has 6 nitrogen and oxygen atoms in total. The van der Waals surface area contributed by atoms with Gasteiger partial charge in [0.2, 0.25) is 11.4 Å². The van der Waals surface area contributed by atoms with Crippen LogP contribution in [0.5, 0.6) is 5.88 Å². The van der Waals surface area contributed by atoms with E-state index in [0.717, 1.165) is 47.2 Å². The summed E-state index contributed by atoms with van der Waals surface area (Å²) in [7, 11) is 1.65. The van der Waals surface area contributed by atoms with Crippen LogP contribution >= 0.6 is 0 Å². The Balaban J connectivity index is 1.74. The molecule has 1 N–H and O–H groups in total. The summed E-state index contributed by atoms with van der Waals surface area (Å²) < 4.78 is 13.5. The van der Waals surface area contributed by atoms with E-state index in [9.17, 15) is 0 Å². The molecule has 0 aliphatic carbocycles. The number of nitrogens with zero attached hydrogens (tertiary/aromatic N) is 3. The number of fused-ring (bicyclic) bond motifs is 2. The summed E-state index contributed by atoms with van der Waals surface area (Å²) in [6, 6.07) is 8.50. The highest BCUT2D eigenvalue weighted by Crippen LogP contribution is 2.37. The number of methoxy groups -OCH3 is 1. The van der Waals surface area contributed by atoms with Crippen LogP contribution in [0.1, 0.15) is 50.9 Å². The first-order valence-corrected chi connectivity index (χ1v) is 10.6. The van der Waals surface area contributed by atoms with Gasteiger partial charge < -0.3 is 9.47 Å². The fourth-order valence-corrected chi connectivity index (χ4v) is 4.40. The van der Waals surface area contributed by atoms with E-state index in [4.69, 9.17) is 14.5 Å². The third-order valence-corrected chi connectivity index (χ3v) is 5.91. The number of hydrogen-bond donors (Lipinski definition) is 1. The number of benzene rings is 1. The van der Waals surface area contributed by atoms with Crippen molar-refractivity contribution in [2.24, 2.45) is 0 Å². The molecule has 1 aliphatic rings. The Labute approximate surface area is 175 Å². The summed E-state index contributed by atoms with van der Waals surface area (Å²) in [5, 5.41) is 6.88. The fraction of sp³-hybridized carbons (Fsp3) is 0.375. The molecule has 1 atom stereocenters. The van der Waals surface area contributed by atoms with Crippen LogP contribution in [0.4, 0.5) is 0 Å². The second-order valence-electron chi connectivity index (χ2n) is 8.22. The minimum absolute atomic E-state index is 0.0699. The predicted octanol–water partition coefficient (Wildman–Crippen LogP) is 4.90. The molecule has 4 heterocycles. The molecule has 1 aliphatic heterocycles. The van der Waals surface area contributed by atoms with Gasteiger partial charge in [-0.2, -0.15) is 5.10 Å². The molecule has 1 aromatic carbocycles. The molecule has 0 radical (unpaired) electrons. The SMILES string of the molecule is COc1cc(-c2c(C(C)C)ncc3cc4c(c[nH][n+]4C4CCCCO4)cc23)ccn1. The fourth-order valence-electron chi connectivity index (χ4n) is 4.40. The summed E-state index contributed by atoms with van der Waals surface area (Å²) in [6.07, 6.45) is 9.29. The molecule has 0 bridgehead atoms. The van der Waals surface area contributed by atoms with Crippen molar-refractivity contribution in [2.75, 3.05) is 13.7 Å². The number of pyridine rings is 2. The molecule has 5 rings (SSSR count). The van der Waals surface area contributed by atoms with Crippen molar-refractivity contribution in [1.29, 1.82) is 0 Å². The van der Waals surface area contributed by atoms with Gasteiger partial charge in [-0.05, 0) is 41.8 Å². The van der Waals surface area contributed by atoms with E-state index >= 15 is 0 Å². The van der Waals surface area contributed by atoms with E-state index in [1.54, 1.807) is 13.3 Å². The molecule has 6 heteroatoms. The average molecular weight is 404 g/mol. The standard InChI is InChI=1S/C24H26N4O2/c1-15(2)24-23(16-7-8-25-21(12-16)29-3)19-10-18-14-27-28(22-6-4-5-9-30-22)20(18)11-17(19)13-26-24/h7-8,10-15,22H,4-6,9H2,1-3H3/p+1. The van der Waals surface area contributed by atoms with Gasteiger partial charge in [-0.1, -0.05) is 18.5 Å². The van der Waals surface area contributed by atoms with Crippen molar-refractivity contribution >= 4 is 21.7 Å². The van der Waals surface area contributed by atoms with Crippen LogP contribution in [0, 0.1) is 0 Å². The highest BCUT2D eigenvalue weighted by molar-refractivity contribution is 6.03. The molecule has 1 unspecified atom stereocenters. The van der Waals surface area contributed by atoms with E-state index in [0.29, 0.717) is 11.8 Å². The molecular weight excluding hydrogens is 376 g/mol. The molecule has 1 saturated heterocycles. The van der Waals surface area contributed by atoms with Crippen molar-refractivity contribution < 1.29 is 14.2 Å². The van der Waals surface area contributed by atoms with E-state index in [-0.39, 0.29) is 6.23 Å². The second-order valence-corrected chi connectivity index (χ2v) is 8.22. The van der Waals surface area contributed by atoms with Crippen LogP contribution in [-0.2, 0) is 4.74 Å². The third kappa shape index (κ3) is 3.21. The number of ether oxygens (including phenoxy) is 2. The topological polar surface area (TPSA) is 63.9 Å². The van der Waals surface area contributed by atoms with E-state index in [1.807, 2.05) is 18.3 Å². The first kappa shape index (κ1) is 19.0. The number of hydrogen-bond acceptors (Lipinski definition) is 4. The molecule has 0 spiro atoms. The van der Waals surface area contributed by atoms with Crippen molar-refractivity contribution in [3.05, 3.63) is 48.5 Å². The van der Waals surface area contributed by atoms with E-state index < -0.39 is 0 Å². The second kappa shape index (κ2) is 7.69. The zero-order valence-corrected chi connectivity index (χ0v) is 17.7. The van der Waals surface area contributed by atoms with Gasteiger partial charge in [-0.15, -0.1) is 0 Å². The normalized spacial score (nSPS) is 17.1. The Bertz CT molecular complexity index is 1210. The summed E-state index contributed by atoms with van der Waals surface area (Å²) >= 11 is 0. The number of H-pyrrole nitrogens is 1. The van der Waals surface area contributed by atoms with Gasteiger partial charge in [0.15, 0.2) is 0 Å². The maximum absolute atomic E-state index is 6.01. The molecule has 0 saturated carbocycles. The van der Waals surface area contributed by atoms with Gasteiger partial charge in [0.1, 0.15) is 0 Å². The maximum atomic E-state index is 6.01. The molecular formula is C24H27N4O2+. The molecule has 1 fully saturated rings. The van der Waals surface area contributed by atoms with Crippen LogP contribution in [-0.4, -0.2) is 28.8 Å². The van der Waals surface area contributed by atoms with Gasteiger partial charge in [-0.3, -0.25) is 4.98 Å². The first-order chi connectivity index (χ1) is 14.7. The number of aromatic nitrogens is 4. The zero-order valence-electron chi connectivity index (χ0n) is 17.7. The predicted molar refractivity (Wildman–Crippen MR) is 117 cm³/mol. The maximum Gasteiger partial charge on any atom is 0.286 e. The lowest BCUT2D eigenvalue weighted by atomic mass is 9.93. The summed E-state index contributed by atoms with van der Waals surface area (Å²) in [6.45, 7) is 5.18. The number of nitrogens with one attached hydrogen (secondary N) is 1. The zero-order chi connectivity index (χ0) is 20.7. The van der Waals surface area contributed by atoms with Crippen molar-refractivity contribution in [3.8, 4) is 17.0 Å². The highest BCUT2D eigenvalue weighted by Gasteiger charge is 2.27. The van der Waals surface area contributed by atoms with Gasteiger partial charge in [0, 0.05) is 41.9 Å². The molecule has 4 aromatic rings. The monoisotopic (exact) mass is 403 g/mol. The van der Waals surface area contributed by atoms with Gasteiger partial charge in [-0.25, -0.2) is 4.98 Å². The van der Waals surface area contributed by atoms with E-state index in [1.165, 1.54) is 17.2 Å². The molecule has 154 valence electrons. The molecule has 3 aromatic heterocycles. The minimum Gasteiger partial charge on any atom is -0.481 e. The molecule has 30 heavy (non-hydrogen) atoms. The van der Waals surface area contributed by atoms with Crippen molar-refractivity contribution in [3.63, 3.8) is 0 Å². The van der Waals surface area contributed by atoms with Crippen molar-refractivity contribution in [2.45, 2.75) is 45.3 Å².